The van der Waals surface area contributed by atoms with Crippen LogP contribution >= 0.6 is 0 Å². The first kappa shape index (κ1) is 25.8. The van der Waals surface area contributed by atoms with Crippen LogP contribution in [0.4, 0.5) is 17.2 Å². The number of pyridine rings is 1. The van der Waals surface area contributed by atoms with Crippen LogP contribution in [0.5, 0.6) is 0 Å². The van der Waals surface area contributed by atoms with E-state index in [4.69, 9.17) is 4.98 Å². The van der Waals surface area contributed by atoms with Crippen molar-refractivity contribution in [1.29, 1.82) is 5.26 Å². The molecule has 11 nitrogen and oxygen atoms in total. The van der Waals surface area contributed by atoms with Gasteiger partial charge in [-0.2, -0.15) is 10.4 Å². The number of aryl methyl sites for hydroxylation is 2. The smallest absolute Gasteiger partial charge is 0.337 e. The quantitative estimate of drug-likeness (QED) is 0.389. The Labute approximate surface area is 225 Å². The first-order chi connectivity index (χ1) is 18.7. The van der Waals surface area contributed by atoms with Gasteiger partial charge in [-0.15, -0.1) is 0 Å². The fourth-order valence-electron chi connectivity index (χ4n) is 5.16. The van der Waals surface area contributed by atoms with Gasteiger partial charge in [0.2, 0.25) is 0 Å². The summed E-state index contributed by atoms with van der Waals surface area (Å²) < 4.78 is 3.22. The Kier molecular flexibility index (Phi) is 6.70. The summed E-state index contributed by atoms with van der Waals surface area (Å²) in [6.07, 6.45) is 3.64. The number of rotatable bonds is 6. The number of anilines is 3. The van der Waals surface area contributed by atoms with Crippen LogP contribution in [0.2, 0.25) is 0 Å². The molecule has 39 heavy (non-hydrogen) atoms. The summed E-state index contributed by atoms with van der Waals surface area (Å²) in [5.41, 5.74) is 4.52. The molecule has 3 aromatic heterocycles. The third kappa shape index (κ3) is 4.77. The summed E-state index contributed by atoms with van der Waals surface area (Å²) in [6.45, 7) is 8.22. The van der Waals surface area contributed by atoms with Crippen LogP contribution in [-0.2, 0) is 7.05 Å². The number of nitrogens with one attached hydrogen (secondary N) is 1. The number of aromatic nitrogens is 4. The van der Waals surface area contributed by atoms with Gasteiger partial charge >= 0.3 is 5.97 Å². The average molecular weight is 527 g/mol. The molecule has 4 heterocycles. The molecule has 0 radical (unpaired) electrons. The average Bonchev–Trinajstić information content (AvgIpc) is 3.31. The summed E-state index contributed by atoms with van der Waals surface area (Å²) in [6, 6.07) is 10.6. The molecule has 0 spiro atoms. The lowest BCUT2D eigenvalue weighted by molar-refractivity contribution is 0.0698. The highest BCUT2D eigenvalue weighted by Crippen LogP contribution is 2.28. The van der Waals surface area contributed by atoms with E-state index in [9.17, 15) is 20.0 Å². The third-order valence-electron chi connectivity index (χ3n) is 7.12. The van der Waals surface area contributed by atoms with Gasteiger partial charge in [0, 0.05) is 56.9 Å². The molecule has 1 atom stereocenters. The molecule has 0 aliphatic carbocycles. The molecule has 1 fully saturated rings. The highest BCUT2D eigenvalue weighted by atomic mass is 16.4. The Hall–Kier alpha value is -4.85. The minimum atomic E-state index is -1.01. The molecular formula is C28H30N8O3. The van der Waals surface area contributed by atoms with Crippen molar-refractivity contribution >= 4 is 28.8 Å². The molecule has 1 saturated heterocycles. The number of carbonyl (C=O) groups is 1. The maximum atomic E-state index is 13.5. The molecule has 0 amide bonds. The Balaban J connectivity index is 1.49. The van der Waals surface area contributed by atoms with E-state index in [2.05, 4.69) is 26.3 Å². The Bertz CT molecular complexity index is 1670. The molecule has 1 aromatic carbocycles. The van der Waals surface area contributed by atoms with Gasteiger partial charge in [0.25, 0.3) is 5.56 Å². The second kappa shape index (κ2) is 10.1. The van der Waals surface area contributed by atoms with Crippen molar-refractivity contribution in [3.8, 4) is 6.07 Å². The first-order valence-corrected chi connectivity index (χ1v) is 12.7. The van der Waals surface area contributed by atoms with Crippen molar-refractivity contribution in [3.63, 3.8) is 0 Å². The van der Waals surface area contributed by atoms with Gasteiger partial charge in [-0.3, -0.25) is 13.9 Å². The zero-order valence-electron chi connectivity index (χ0n) is 22.3. The molecule has 1 aliphatic rings. The maximum absolute atomic E-state index is 13.5. The fraction of sp³-hybridized carbons (Fsp3) is 0.321. The minimum Gasteiger partial charge on any atom is -0.478 e. The lowest BCUT2D eigenvalue weighted by Gasteiger charge is -2.36. The van der Waals surface area contributed by atoms with Gasteiger partial charge in [0.05, 0.1) is 22.9 Å². The van der Waals surface area contributed by atoms with Crippen LogP contribution in [-0.4, -0.2) is 56.4 Å². The number of fused-ring (bicyclic) bond motifs is 1. The summed E-state index contributed by atoms with van der Waals surface area (Å²) in [5, 5.41) is 26.6. The Morgan fingerprint density at radius 3 is 2.51 bits per heavy atom. The van der Waals surface area contributed by atoms with Crippen molar-refractivity contribution in [2.24, 2.45) is 7.05 Å². The predicted octanol–water partition coefficient (Wildman–Crippen LogP) is 3.11. The van der Waals surface area contributed by atoms with Crippen molar-refractivity contribution in [2.45, 2.75) is 26.8 Å². The van der Waals surface area contributed by atoms with Crippen LogP contribution in [0, 0.1) is 25.2 Å². The first-order valence-electron chi connectivity index (χ1n) is 12.7. The number of hydrogen-bond donors (Lipinski definition) is 2. The zero-order valence-corrected chi connectivity index (χ0v) is 22.3. The number of aromatic carboxylic acids is 1. The second-order valence-electron chi connectivity index (χ2n) is 9.87. The van der Waals surface area contributed by atoms with E-state index in [1.54, 1.807) is 53.5 Å². The number of hydrogen-bond acceptors (Lipinski definition) is 8. The fourth-order valence-corrected chi connectivity index (χ4v) is 5.16. The number of nitrogens with zero attached hydrogens (tertiary/aromatic N) is 7. The Morgan fingerprint density at radius 1 is 1.13 bits per heavy atom. The molecule has 2 N–H and O–H groups in total. The van der Waals surface area contributed by atoms with E-state index >= 15 is 0 Å². The number of nitriles is 1. The lowest BCUT2D eigenvalue weighted by Crippen LogP contribution is -2.47. The number of piperazine rings is 1. The number of para-hydroxylation sites is 1. The molecule has 5 rings (SSSR count). The number of carboxylic acid groups (broad SMARTS) is 1. The maximum Gasteiger partial charge on any atom is 0.337 e. The van der Waals surface area contributed by atoms with E-state index in [0.29, 0.717) is 54.6 Å². The van der Waals surface area contributed by atoms with Crippen molar-refractivity contribution in [2.75, 3.05) is 41.3 Å². The molecule has 200 valence electrons. The zero-order chi connectivity index (χ0) is 27.8. The molecule has 1 aliphatic heterocycles. The van der Waals surface area contributed by atoms with Gasteiger partial charge in [-0.25, -0.2) is 9.78 Å². The Morgan fingerprint density at radius 2 is 1.82 bits per heavy atom. The van der Waals surface area contributed by atoms with E-state index in [0.717, 1.165) is 16.8 Å². The molecule has 0 unspecified atom stereocenters. The molecule has 0 saturated carbocycles. The van der Waals surface area contributed by atoms with Gasteiger partial charge in [-0.1, -0.05) is 12.1 Å². The highest BCUT2D eigenvalue weighted by Gasteiger charge is 2.25. The monoisotopic (exact) mass is 526 g/mol. The van der Waals surface area contributed by atoms with E-state index in [-0.39, 0.29) is 17.2 Å². The van der Waals surface area contributed by atoms with Crippen LogP contribution in [0.3, 0.4) is 0 Å². The van der Waals surface area contributed by atoms with Crippen LogP contribution in [0.1, 0.15) is 45.7 Å². The number of benzene rings is 1. The van der Waals surface area contributed by atoms with Crippen LogP contribution < -0.4 is 20.7 Å². The summed E-state index contributed by atoms with van der Waals surface area (Å²) in [4.78, 5) is 34.5. The molecule has 4 aromatic rings. The van der Waals surface area contributed by atoms with Gasteiger partial charge in [0.1, 0.15) is 17.5 Å². The number of carboxylic acids is 1. The second-order valence-corrected chi connectivity index (χ2v) is 9.87. The predicted molar refractivity (Wildman–Crippen MR) is 149 cm³/mol. The molecule has 0 bridgehead atoms. The topological polar surface area (TPSA) is 132 Å². The van der Waals surface area contributed by atoms with Crippen molar-refractivity contribution < 1.29 is 9.90 Å². The van der Waals surface area contributed by atoms with Gasteiger partial charge in [-0.05, 0) is 44.5 Å². The van der Waals surface area contributed by atoms with Gasteiger partial charge < -0.3 is 20.2 Å². The lowest BCUT2D eigenvalue weighted by atomic mass is 10.1. The largest absolute Gasteiger partial charge is 0.478 e. The van der Waals surface area contributed by atoms with Gasteiger partial charge in [0.15, 0.2) is 5.69 Å². The third-order valence-corrected chi connectivity index (χ3v) is 7.12. The summed E-state index contributed by atoms with van der Waals surface area (Å²) >= 11 is 0. The van der Waals surface area contributed by atoms with E-state index in [1.165, 1.54) is 0 Å². The normalized spacial score (nSPS) is 14.3. The van der Waals surface area contributed by atoms with Crippen LogP contribution in [0.25, 0.3) is 5.65 Å². The molecule has 11 heteroatoms. The SMILES string of the molecule is Cc1cc([C@@H](C)Nc2ccccc2C(=O)O)c2nc(N3CCN(c4cn(C)nc4C#N)CC3)c(C)c(=O)n2c1. The standard InChI is InChI=1S/C28H30N8O3/c1-17-13-21(19(3)30-22-8-6-5-7-20(22)28(38)39)26-31-25(18(2)27(37)36(26)15-17)35-11-9-34(10-12-35)24-16-33(4)32-23(24)14-29/h5-8,13,15-16,19,30H,9-12H2,1-4H3,(H,38,39)/t19-/m1/s1. The summed E-state index contributed by atoms with van der Waals surface area (Å²) in [7, 11) is 1.80. The van der Waals surface area contributed by atoms with Crippen LogP contribution in [0.15, 0.2) is 47.5 Å². The van der Waals surface area contributed by atoms with Crippen molar-refractivity contribution in [1.82, 2.24) is 19.2 Å². The van der Waals surface area contributed by atoms with Crippen molar-refractivity contribution in [3.05, 3.63) is 81.0 Å². The van der Waals surface area contributed by atoms with E-state index < -0.39 is 5.97 Å². The highest BCUT2D eigenvalue weighted by molar-refractivity contribution is 5.94. The minimum absolute atomic E-state index is 0.139. The summed E-state index contributed by atoms with van der Waals surface area (Å²) in [5.74, 6) is -0.381. The van der Waals surface area contributed by atoms with E-state index in [1.807, 2.05) is 26.1 Å². The molecular weight excluding hydrogens is 496 g/mol.